The van der Waals surface area contributed by atoms with Crippen LogP contribution in [0.2, 0.25) is 0 Å². The van der Waals surface area contributed by atoms with Gasteiger partial charge >= 0.3 is 29.6 Å². The zero-order valence-electron chi connectivity index (χ0n) is 11.9. The van der Waals surface area contributed by atoms with Gasteiger partial charge in [0.1, 0.15) is 15.9 Å². The Bertz CT molecular complexity index is 967. The normalized spacial score (nSPS) is 13.1. The number of benzene rings is 2. The number of carbonyl (C=O) groups excluding carboxylic acids is 2. The van der Waals surface area contributed by atoms with E-state index in [1.165, 1.54) is 18.2 Å². The molecule has 0 unspecified atom stereocenters. The maximum Gasteiger partial charge on any atom is 1.00 e. The number of rotatable bonds is 1. The van der Waals surface area contributed by atoms with Crippen molar-refractivity contribution in [3.63, 3.8) is 0 Å². The zero-order chi connectivity index (χ0) is 16.2. The van der Waals surface area contributed by atoms with Gasteiger partial charge in [0.25, 0.3) is 0 Å². The number of aromatic hydroxyl groups is 1. The minimum atomic E-state index is -5.01. The zero-order valence-corrected chi connectivity index (χ0v) is 14.7. The van der Waals surface area contributed by atoms with Crippen LogP contribution >= 0.6 is 0 Å². The molecular weight excluding hydrogens is 333 g/mol. The Hall–Kier alpha value is -1.71. The summed E-state index contributed by atoms with van der Waals surface area (Å²) in [6.45, 7) is 0. The Balaban J connectivity index is 0.00000192. The Kier molecular flexibility index (Phi) is 4.40. The summed E-state index contributed by atoms with van der Waals surface area (Å²) in [5, 5.41) is 9.91. The molecule has 3 N–H and O–H groups in total. The van der Waals surface area contributed by atoms with Crippen LogP contribution in [-0.4, -0.2) is 29.6 Å². The van der Waals surface area contributed by atoms with E-state index in [0.717, 1.165) is 0 Å². The number of nitrogens with two attached hydrogens (primary N) is 1. The van der Waals surface area contributed by atoms with Gasteiger partial charge in [0.15, 0.2) is 11.6 Å². The molecule has 0 spiro atoms. The van der Waals surface area contributed by atoms with Gasteiger partial charge in [0, 0.05) is 17.2 Å². The molecule has 112 valence electrons. The second kappa shape index (κ2) is 5.73. The van der Waals surface area contributed by atoms with Gasteiger partial charge in [-0.1, -0.05) is 24.3 Å². The van der Waals surface area contributed by atoms with Crippen molar-refractivity contribution in [2.45, 2.75) is 4.90 Å². The van der Waals surface area contributed by atoms with Crippen LogP contribution in [0.4, 0.5) is 5.69 Å². The second-order valence-corrected chi connectivity index (χ2v) is 6.06. The van der Waals surface area contributed by atoms with Crippen molar-refractivity contribution in [1.82, 2.24) is 0 Å². The molecule has 2 aromatic rings. The number of phenols is 1. The fourth-order valence-corrected chi connectivity index (χ4v) is 3.11. The van der Waals surface area contributed by atoms with E-state index in [4.69, 9.17) is 5.73 Å². The summed E-state index contributed by atoms with van der Waals surface area (Å²) >= 11 is 0. The molecule has 0 aromatic heterocycles. The number of anilines is 1. The summed E-state index contributed by atoms with van der Waals surface area (Å²) in [5.41, 5.74) is 4.23. The molecule has 0 amide bonds. The molecule has 0 saturated heterocycles. The van der Waals surface area contributed by atoms with Crippen LogP contribution in [0.1, 0.15) is 31.8 Å². The average molecular weight is 341 g/mol. The van der Waals surface area contributed by atoms with E-state index in [2.05, 4.69) is 0 Å². The number of ketones is 2. The van der Waals surface area contributed by atoms with Crippen molar-refractivity contribution >= 4 is 27.4 Å². The van der Waals surface area contributed by atoms with Gasteiger partial charge in [-0.15, -0.1) is 0 Å². The SMILES string of the molecule is Nc1c(S(=O)(=O)[O-])cc(O)c2c1C(=O)c1ccccc1C2=O.[Na+]. The summed E-state index contributed by atoms with van der Waals surface area (Å²) in [6.07, 6.45) is 0. The molecule has 2 aromatic carbocycles. The number of hydrogen-bond acceptors (Lipinski definition) is 7. The minimum absolute atomic E-state index is 0. The van der Waals surface area contributed by atoms with Gasteiger partial charge in [-0.3, -0.25) is 9.59 Å². The molecule has 9 heteroatoms. The molecule has 0 aliphatic heterocycles. The fourth-order valence-electron chi connectivity index (χ4n) is 2.48. The molecule has 3 rings (SSSR count). The topological polar surface area (TPSA) is 138 Å². The van der Waals surface area contributed by atoms with E-state index in [-0.39, 0.29) is 40.7 Å². The van der Waals surface area contributed by atoms with Gasteiger partial charge in [0.2, 0.25) is 0 Å². The summed E-state index contributed by atoms with van der Waals surface area (Å²) in [7, 11) is -5.01. The predicted molar refractivity (Wildman–Crippen MR) is 73.8 cm³/mol. The van der Waals surface area contributed by atoms with E-state index in [1.54, 1.807) is 6.07 Å². The molecule has 0 bridgehead atoms. The van der Waals surface area contributed by atoms with Gasteiger partial charge in [-0.25, -0.2) is 8.42 Å². The monoisotopic (exact) mass is 341 g/mol. The van der Waals surface area contributed by atoms with Crippen molar-refractivity contribution in [2.75, 3.05) is 5.73 Å². The number of phenolic OH excluding ortho intramolecular Hbond substituents is 1. The Morgan fingerprint density at radius 2 is 1.48 bits per heavy atom. The van der Waals surface area contributed by atoms with E-state index in [1.807, 2.05) is 0 Å². The summed E-state index contributed by atoms with van der Waals surface area (Å²) < 4.78 is 33.5. The van der Waals surface area contributed by atoms with Crippen molar-refractivity contribution in [1.29, 1.82) is 0 Å². The summed E-state index contributed by atoms with van der Waals surface area (Å²) in [5.74, 6) is -2.15. The van der Waals surface area contributed by atoms with Crippen molar-refractivity contribution in [3.05, 3.63) is 52.6 Å². The molecule has 1 aliphatic carbocycles. The summed E-state index contributed by atoms with van der Waals surface area (Å²) in [6, 6.07) is 6.46. The van der Waals surface area contributed by atoms with E-state index < -0.39 is 49.1 Å². The van der Waals surface area contributed by atoms with Crippen LogP contribution in [-0.2, 0) is 10.1 Å². The van der Waals surface area contributed by atoms with E-state index in [9.17, 15) is 27.7 Å². The van der Waals surface area contributed by atoms with Gasteiger partial charge in [0.05, 0.1) is 21.7 Å². The molecule has 0 heterocycles. The molecule has 0 radical (unpaired) electrons. The van der Waals surface area contributed by atoms with Crippen LogP contribution in [0.25, 0.3) is 0 Å². The maximum atomic E-state index is 12.5. The van der Waals surface area contributed by atoms with Crippen LogP contribution in [0.15, 0.2) is 35.2 Å². The predicted octanol–water partition coefficient (Wildman–Crippen LogP) is -2.34. The maximum absolute atomic E-state index is 12.5. The number of nitrogen functional groups attached to an aromatic ring is 1. The largest absolute Gasteiger partial charge is 1.00 e. The summed E-state index contributed by atoms with van der Waals surface area (Å²) in [4.78, 5) is 23.9. The van der Waals surface area contributed by atoms with Crippen molar-refractivity contribution < 1.29 is 57.2 Å². The van der Waals surface area contributed by atoms with Crippen LogP contribution in [0.5, 0.6) is 5.75 Å². The smallest absolute Gasteiger partial charge is 0.744 e. The number of hydrogen-bond donors (Lipinski definition) is 2. The number of carbonyl (C=O) groups is 2. The minimum Gasteiger partial charge on any atom is -0.744 e. The Morgan fingerprint density at radius 1 is 1.00 bits per heavy atom. The molecular formula is C14H8NNaO6S. The van der Waals surface area contributed by atoms with Crippen molar-refractivity contribution in [2.24, 2.45) is 0 Å². The van der Waals surface area contributed by atoms with Crippen LogP contribution < -0.4 is 35.3 Å². The third-order valence-electron chi connectivity index (χ3n) is 3.45. The molecule has 0 atom stereocenters. The quantitative estimate of drug-likeness (QED) is 0.219. The van der Waals surface area contributed by atoms with Crippen LogP contribution in [0, 0.1) is 0 Å². The molecule has 1 aliphatic rings. The first kappa shape index (κ1) is 17.6. The van der Waals surface area contributed by atoms with Crippen LogP contribution in [0.3, 0.4) is 0 Å². The van der Waals surface area contributed by atoms with Gasteiger partial charge < -0.3 is 15.4 Å². The third-order valence-corrected chi connectivity index (χ3v) is 4.32. The first-order valence-electron chi connectivity index (χ1n) is 6.03. The van der Waals surface area contributed by atoms with Gasteiger partial charge in [-0.2, -0.15) is 0 Å². The average Bonchev–Trinajstić information content (AvgIpc) is 2.45. The van der Waals surface area contributed by atoms with E-state index >= 15 is 0 Å². The van der Waals surface area contributed by atoms with Gasteiger partial charge in [-0.05, 0) is 0 Å². The number of fused-ring (bicyclic) bond motifs is 2. The molecule has 7 nitrogen and oxygen atoms in total. The standard InChI is InChI=1S/C14H9NO6S.Na/c15-12-9(22(19,20)21)5-8(16)10-11(12)14(18)7-4-2-1-3-6(7)13(10)17;/h1-5,16H,15H2,(H,19,20,21);/q;+1/p-1. The fraction of sp³-hybridized carbons (Fsp3) is 0. The third kappa shape index (κ3) is 2.58. The Labute approximate surface area is 153 Å². The molecule has 23 heavy (non-hydrogen) atoms. The molecule has 0 fully saturated rings. The Morgan fingerprint density at radius 3 is 1.96 bits per heavy atom. The van der Waals surface area contributed by atoms with Crippen molar-refractivity contribution in [3.8, 4) is 5.75 Å². The first-order chi connectivity index (χ1) is 10.2. The first-order valence-corrected chi connectivity index (χ1v) is 7.44. The molecule has 0 saturated carbocycles. The second-order valence-electron chi connectivity index (χ2n) is 4.72. The van der Waals surface area contributed by atoms with E-state index in [0.29, 0.717) is 6.07 Å².